The van der Waals surface area contributed by atoms with Crippen LogP contribution in [0.4, 0.5) is 5.69 Å². The number of benzene rings is 1. The first-order chi connectivity index (χ1) is 9.69. The Kier molecular flexibility index (Phi) is 4.93. The van der Waals surface area contributed by atoms with Gasteiger partial charge >= 0.3 is 0 Å². The molecule has 1 unspecified atom stereocenters. The number of nitrogens with one attached hydrogen (secondary N) is 2. The van der Waals surface area contributed by atoms with Gasteiger partial charge in [0, 0.05) is 19.2 Å². The fourth-order valence-electron chi connectivity index (χ4n) is 2.36. The van der Waals surface area contributed by atoms with Gasteiger partial charge in [0.1, 0.15) is 0 Å². The maximum Gasteiger partial charge on any atom is 0.224 e. The Bertz CT molecular complexity index is 523. The first-order valence-electron chi connectivity index (χ1n) is 6.94. The number of allylic oxidation sites excluding steroid dienone is 2. The van der Waals surface area contributed by atoms with Crippen molar-refractivity contribution < 1.29 is 9.59 Å². The largest absolute Gasteiger partial charge is 0.359 e. The van der Waals surface area contributed by atoms with E-state index in [4.69, 9.17) is 0 Å². The lowest BCUT2D eigenvalue weighted by atomic mass is 10.0. The summed E-state index contributed by atoms with van der Waals surface area (Å²) in [5, 5.41) is 5.51. The summed E-state index contributed by atoms with van der Waals surface area (Å²) in [7, 11) is 1.61. The molecule has 4 nitrogen and oxygen atoms in total. The minimum absolute atomic E-state index is 0.00547. The molecular formula is C16H20N2O2. The zero-order valence-electron chi connectivity index (χ0n) is 11.7. The van der Waals surface area contributed by atoms with Gasteiger partial charge in [-0.05, 0) is 30.4 Å². The van der Waals surface area contributed by atoms with E-state index in [2.05, 4.69) is 22.8 Å². The SMILES string of the molecule is CNC(=O)Cc1ccccc1NC(=O)CC1C=CCC1. The second kappa shape index (κ2) is 6.89. The van der Waals surface area contributed by atoms with Crippen LogP contribution in [0.5, 0.6) is 0 Å². The molecule has 0 saturated heterocycles. The molecular weight excluding hydrogens is 252 g/mol. The van der Waals surface area contributed by atoms with Crippen LogP contribution < -0.4 is 10.6 Å². The van der Waals surface area contributed by atoms with Gasteiger partial charge in [0.25, 0.3) is 0 Å². The molecule has 0 bridgehead atoms. The van der Waals surface area contributed by atoms with Crippen LogP contribution >= 0.6 is 0 Å². The minimum Gasteiger partial charge on any atom is -0.359 e. The van der Waals surface area contributed by atoms with Crippen molar-refractivity contribution in [3.05, 3.63) is 42.0 Å². The number of amides is 2. The third-order valence-electron chi connectivity index (χ3n) is 3.48. The fraction of sp³-hybridized carbons (Fsp3) is 0.375. The van der Waals surface area contributed by atoms with Crippen molar-refractivity contribution >= 4 is 17.5 Å². The van der Waals surface area contributed by atoms with Crippen LogP contribution in [0.1, 0.15) is 24.8 Å². The van der Waals surface area contributed by atoms with Gasteiger partial charge < -0.3 is 10.6 Å². The van der Waals surface area contributed by atoms with Crippen molar-refractivity contribution in [3.8, 4) is 0 Å². The topological polar surface area (TPSA) is 58.2 Å². The molecule has 4 heteroatoms. The summed E-state index contributed by atoms with van der Waals surface area (Å²) in [6.45, 7) is 0. The van der Waals surface area contributed by atoms with E-state index >= 15 is 0 Å². The second-order valence-corrected chi connectivity index (χ2v) is 5.02. The van der Waals surface area contributed by atoms with Gasteiger partial charge in [-0.25, -0.2) is 0 Å². The Hall–Kier alpha value is -2.10. The molecule has 0 saturated carbocycles. The van der Waals surface area contributed by atoms with Gasteiger partial charge in [-0.1, -0.05) is 30.4 Å². The summed E-state index contributed by atoms with van der Waals surface area (Å²) < 4.78 is 0. The normalized spacial score (nSPS) is 16.9. The molecule has 106 valence electrons. The lowest BCUT2D eigenvalue weighted by Crippen LogP contribution is -2.21. The van der Waals surface area contributed by atoms with Gasteiger partial charge in [0.05, 0.1) is 6.42 Å². The number of anilines is 1. The molecule has 0 spiro atoms. The third kappa shape index (κ3) is 3.95. The predicted octanol–water partition coefficient (Wildman–Crippen LogP) is 2.27. The highest BCUT2D eigenvalue weighted by Gasteiger charge is 2.15. The van der Waals surface area contributed by atoms with Gasteiger partial charge in [0.2, 0.25) is 11.8 Å². The maximum absolute atomic E-state index is 12.0. The Morgan fingerprint density at radius 2 is 2.05 bits per heavy atom. The number of carbonyl (C=O) groups excluding carboxylic acids is 2. The maximum atomic E-state index is 12.0. The molecule has 0 aliphatic heterocycles. The molecule has 1 aliphatic rings. The predicted molar refractivity (Wildman–Crippen MR) is 79.3 cm³/mol. The van der Waals surface area contributed by atoms with E-state index in [1.165, 1.54) is 0 Å². The van der Waals surface area contributed by atoms with Crippen LogP contribution in [0, 0.1) is 5.92 Å². The van der Waals surface area contributed by atoms with E-state index in [9.17, 15) is 9.59 Å². The molecule has 2 N–H and O–H groups in total. The van der Waals surface area contributed by atoms with Gasteiger partial charge in [-0.3, -0.25) is 9.59 Å². The van der Waals surface area contributed by atoms with Crippen LogP contribution in [0.15, 0.2) is 36.4 Å². The highest BCUT2D eigenvalue weighted by atomic mass is 16.2. The molecule has 1 aromatic carbocycles. The van der Waals surface area contributed by atoms with Crippen LogP contribution in [0.3, 0.4) is 0 Å². The number of carbonyl (C=O) groups is 2. The van der Waals surface area contributed by atoms with Crippen molar-refractivity contribution in [2.24, 2.45) is 5.92 Å². The van der Waals surface area contributed by atoms with E-state index in [1.807, 2.05) is 24.3 Å². The fourth-order valence-corrected chi connectivity index (χ4v) is 2.36. The number of para-hydroxylation sites is 1. The average Bonchev–Trinajstić information content (AvgIpc) is 2.93. The monoisotopic (exact) mass is 272 g/mol. The first kappa shape index (κ1) is 14.3. The van der Waals surface area contributed by atoms with Gasteiger partial charge in [-0.15, -0.1) is 0 Å². The smallest absolute Gasteiger partial charge is 0.224 e. The lowest BCUT2D eigenvalue weighted by Gasteiger charge is -2.12. The first-order valence-corrected chi connectivity index (χ1v) is 6.94. The summed E-state index contributed by atoms with van der Waals surface area (Å²) in [5.74, 6) is 0.289. The van der Waals surface area contributed by atoms with Crippen molar-refractivity contribution in [2.45, 2.75) is 25.7 Å². The average molecular weight is 272 g/mol. The van der Waals surface area contributed by atoms with E-state index in [0.29, 0.717) is 12.3 Å². The molecule has 0 aromatic heterocycles. The zero-order valence-corrected chi connectivity index (χ0v) is 11.7. The second-order valence-electron chi connectivity index (χ2n) is 5.02. The Labute approximate surface area is 119 Å². The number of hydrogen-bond acceptors (Lipinski definition) is 2. The Morgan fingerprint density at radius 3 is 2.75 bits per heavy atom. The molecule has 1 aromatic rings. The molecule has 0 radical (unpaired) electrons. The number of likely N-dealkylation sites (N-methyl/N-ethyl adjacent to an activating group) is 1. The summed E-state index contributed by atoms with van der Waals surface area (Å²) in [5.41, 5.74) is 1.56. The van der Waals surface area contributed by atoms with Crippen LogP contribution in [0.25, 0.3) is 0 Å². The number of rotatable bonds is 5. The summed E-state index contributed by atoms with van der Waals surface area (Å²) in [6.07, 6.45) is 7.12. The summed E-state index contributed by atoms with van der Waals surface area (Å²) in [6, 6.07) is 7.42. The lowest BCUT2D eigenvalue weighted by molar-refractivity contribution is -0.120. The van der Waals surface area contributed by atoms with Crippen LogP contribution in [0.2, 0.25) is 0 Å². The highest BCUT2D eigenvalue weighted by molar-refractivity contribution is 5.92. The molecule has 1 atom stereocenters. The molecule has 1 aliphatic carbocycles. The molecule has 20 heavy (non-hydrogen) atoms. The Balaban J connectivity index is 1.99. The summed E-state index contributed by atoms with van der Waals surface area (Å²) >= 11 is 0. The quantitative estimate of drug-likeness (QED) is 0.808. The van der Waals surface area contributed by atoms with E-state index < -0.39 is 0 Å². The summed E-state index contributed by atoms with van der Waals surface area (Å²) in [4.78, 5) is 23.5. The van der Waals surface area contributed by atoms with Crippen molar-refractivity contribution in [1.29, 1.82) is 0 Å². The van der Waals surface area contributed by atoms with Gasteiger partial charge in [0.15, 0.2) is 0 Å². The van der Waals surface area contributed by atoms with Crippen molar-refractivity contribution in [3.63, 3.8) is 0 Å². The molecule has 2 rings (SSSR count). The third-order valence-corrected chi connectivity index (χ3v) is 3.48. The van der Waals surface area contributed by atoms with Crippen LogP contribution in [-0.2, 0) is 16.0 Å². The molecule has 2 amide bonds. The molecule has 0 fully saturated rings. The Morgan fingerprint density at radius 1 is 1.25 bits per heavy atom. The van der Waals surface area contributed by atoms with E-state index in [0.717, 1.165) is 24.1 Å². The van der Waals surface area contributed by atoms with E-state index in [-0.39, 0.29) is 18.2 Å². The standard InChI is InChI=1S/C16H20N2O2/c1-17-15(19)11-13-8-4-5-9-14(13)18-16(20)10-12-6-2-3-7-12/h2,4-6,8-9,12H,3,7,10-11H2,1H3,(H,17,19)(H,18,20). The van der Waals surface area contributed by atoms with Gasteiger partial charge in [-0.2, -0.15) is 0 Å². The highest BCUT2D eigenvalue weighted by Crippen LogP contribution is 2.22. The van der Waals surface area contributed by atoms with Crippen molar-refractivity contribution in [2.75, 3.05) is 12.4 Å². The zero-order chi connectivity index (χ0) is 14.4. The number of hydrogen-bond donors (Lipinski definition) is 2. The minimum atomic E-state index is -0.0644. The van der Waals surface area contributed by atoms with E-state index in [1.54, 1.807) is 7.05 Å². The van der Waals surface area contributed by atoms with Crippen LogP contribution in [-0.4, -0.2) is 18.9 Å². The molecule has 0 heterocycles. The van der Waals surface area contributed by atoms with Crippen molar-refractivity contribution in [1.82, 2.24) is 5.32 Å².